The van der Waals surface area contributed by atoms with Gasteiger partial charge in [0.2, 0.25) is 5.82 Å². The summed E-state index contributed by atoms with van der Waals surface area (Å²) in [7, 11) is 0. The summed E-state index contributed by atoms with van der Waals surface area (Å²) in [5.74, 6) is 1.11. The first-order valence-corrected chi connectivity index (χ1v) is 9.00. The Morgan fingerprint density at radius 1 is 1.28 bits per heavy atom. The minimum atomic E-state index is -0.173. The van der Waals surface area contributed by atoms with Crippen molar-refractivity contribution in [1.82, 2.24) is 15.0 Å². The maximum absolute atomic E-state index is 6.03. The van der Waals surface area contributed by atoms with Gasteiger partial charge in [-0.25, -0.2) is 0 Å². The average molecular weight is 345 g/mol. The Bertz CT molecular complexity index is 646. The van der Waals surface area contributed by atoms with Gasteiger partial charge in [0.05, 0.1) is 12.2 Å². The van der Waals surface area contributed by atoms with Crippen LogP contribution in [-0.2, 0) is 22.6 Å². The van der Waals surface area contributed by atoms with Crippen molar-refractivity contribution in [3.63, 3.8) is 0 Å². The average Bonchev–Trinajstić information content (AvgIpc) is 3.09. The van der Waals surface area contributed by atoms with Crippen LogP contribution < -0.4 is 0 Å². The highest BCUT2D eigenvalue weighted by Gasteiger charge is 2.30. The summed E-state index contributed by atoms with van der Waals surface area (Å²) in [4.78, 5) is 6.84. The Kier molecular flexibility index (Phi) is 6.18. The molecule has 0 aliphatic carbocycles. The van der Waals surface area contributed by atoms with Crippen molar-refractivity contribution in [3.05, 3.63) is 47.6 Å². The quantitative estimate of drug-likeness (QED) is 0.767. The van der Waals surface area contributed by atoms with Crippen LogP contribution >= 0.6 is 0 Å². The molecule has 1 saturated heterocycles. The number of hydrogen-bond donors (Lipinski definition) is 0. The van der Waals surface area contributed by atoms with E-state index in [0.717, 1.165) is 26.1 Å². The van der Waals surface area contributed by atoms with E-state index in [9.17, 15) is 0 Å². The SMILES string of the molecule is CCC(C)OCc1nc([C@@H]2CN(Cc3ccccc3)C[C@H](C)O2)no1. The van der Waals surface area contributed by atoms with Crippen molar-refractivity contribution in [3.8, 4) is 0 Å². The molecule has 136 valence electrons. The highest BCUT2D eigenvalue weighted by molar-refractivity contribution is 5.14. The van der Waals surface area contributed by atoms with Crippen LogP contribution in [0.2, 0.25) is 0 Å². The highest BCUT2D eigenvalue weighted by atomic mass is 16.5. The molecule has 6 heteroatoms. The summed E-state index contributed by atoms with van der Waals surface area (Å²) in [6.45, 7) is 9.09. The zero-order valence-electron chi connectivity index (χ0n) is 15.2. The molecular weight excluding hydrogens is 318 g/mol. The van der Waals surface area contributed by atoms with Gasteiger partial charge in [-0.2, -0.15) is 4.98 Å². The predicted octanol–water partition coefficient (Wildman–Crippen LogP) is 3.35. The summed E-state index contributed by atoms with van der Waals surface area (Å²) in [5.41, 5.74) is 1.30. The maximum Gasteiger partial charge on any atom is 0.252 e. The molecule has 2 heterocycles. The highest BCUT2D eigenvalue weighted by Crippen LogP contribution is 2.24. The molecule has 1 aromatic heterocycles. The van der Waals surface area contributed by atoms with Gasteiger partial charge in [-0.3, -0.25) is 4.90 Å². The Balaban J connectivity index is 1.60. The fourth-order valence-electron chi connectivity index (χ4n) is 2.94. The van der Waals surface area contributed by atoms with E-state index in [-0.39, 0.29) is 18.3 Å². The van der Waals surface area contributed by atoms with Crippen molar-refractivity contribution in [2.24, 2.45) is 0 Å². The standard InChI is InChI=1S/C19H27N3O3/c1-4-14(2)23-13-18-20-19(21-25-18)17-12-22(10-15(3)24-17)11-16-8-6-5-7-9-16/h5-9,14-15,17H,4,10-13H2,1-3H3/t14?,15-,17-/m0/s1. The summed E-state index contributed by atoms with van der Waals surface area (Å²) in [6, 6.07) is 10.5. The molecule has 0 amide bonds. The smallest absolute Gasteiger partial charge is 0.252 e. The van der Waals surface area contributed by atoms with E-state index in [1.165, 1.54) is 5.56 Å². The minimum absolute atomic E-state index is 0.126. The van der Waals surface area contributed by atoms with Crippen LogP contribution in [0.15, 0.2) is 34.9 Å². The van der Waals surface area contributed by atoms with Gasteiger partial charge in [0, 0.05) is 19.6 Å². The summed E-state index contributed by atoms with van der Waals surface area (Å²) < 4.78 is 17.0. The van der Waals surface area contributed by atoms with Crippen molar-refractivity contribution < 1.29 is 14.0 Å². The van der Waals surface area contributed by atoms with Gasteiger partial charge in [0.1, 0.15) is 12.7 Å². The number of benzene rings is 1. The van der Waals surface area contributed by atoms with Gasteiger partial charge in [-0.05, 0) is 25.8 Å². The van der Waals surface area contributed by atoms with E-state index >= 15 is 0 Å². The topological polar surface area (TPSA) is 60.6 Å². The van der Waals surface area contributed by atoms with E-state index in [4.69, 9.17) is 14.0 Å². The number of nitrogens with zero attached hydrogens (tertiary/aromatic N) is 3. The summed E-state index contributed by atoms with van der Waals surface area (Å²) >= 11 is 0. The van der Waals surface area contributed by atoms with Crippen LogP contribution in [0.5, 0.6) is 0 Å². The van der Waals surface area contributed by atoms with Crippen LogP contribution in [0.25, 0.3) is 0 Å². The molecular formula is C19H27N3O3. The number of aromatic nitrogens is 2. The lowest BCUT2D eigenvalue weighted by atomic mass is 10.1. The van der Waals surface area contributed by atoms with Gasteiger partial charge in [-0.15, -0.1) is 0 Å². The fraction of sp³-hybridized carbons (Fsp3) is 0.579. The zero-order valence-corrected chi connectivity index (χ0v) is 15.2. The Hall–Kier alpha value is -1.76. The molecule has 0 radical (unpaired) electrons. The van der Waals surface area contributed by atoms with Gasteiger partial charge in [-0.1, -0.05) is 42.4 Å². The normalized spacial score (nSPS) is 22.8. The van der Waals surface area contributed by atoms with Crippen LogP contribution in [0, 0.1) is 0 Å². The molecule has 0 N–H and O–H groups in total. The second-order valence-corrected chi connectivity index (χ2v) is 6.69. The third-order valence-corrected chi connectivity index (χ3v) is 4.42. The Labute approximate surface area is 149 Å². The molecule has 0 saturated carbocycles. The molecule has 6 nitrogen and oxygen atoms in total. The van der Waals surface area contributed by atoms with Crippen LogP contribution in [0.3, 0.4) is 0 Å². The number of rotatable bonds is 7. The Morgan fingerprint density at radius 3 is 2.84 bits per heavy atom. The van der Waals surface area contributed by atoms with Crippen LogP contribution in [0.4, 0.5) is 0 Å². The third kappa shape index (κ3) is 5.11. The molecule has 3 rings (SSSR count). The lowest BCUT2D eigenvalue weighted by molar-refractivity contribution is -0.0856. The van der Waals surface area contributed by atoms with Crippen molar-refractivity contribution in [1.29, 1.82) is 0 Å². The molecule has 2 aromatic rings. The Morgan fingerprint density at radius 2 is 2.08 bits per heavy atom. The molecule has 0 spiro atoms. The van der Waals surface area contributed by atoms with Gasteiger partial charge in [0.15, 0.2) is 0 Å². The molecule has 3 atom stereocenters. The first-order valence-electron chi connectivity index (χ1n) is 9.00. The fourth-order valence-corrected chi connectivity index (χ4v) is 2.94. The summed E-state index contributed by atoms with van der Waals surface area (Å²) in [6.07, 6.45) is 1.09. The zero-order chi connectivity index (χ0) is 17.6. The van der Waals surface area contributed by atoms with Gasteiger partial charge in [0.25, 0.3) is 5.89 Å². The minimum Gasteiger partial charge on any atom is -0.369 e. The second-order valence-electron chi connectivity index (χ2n) is 6.69. The maximum atomic E-state index is 6.03. The molecule has 25 heavy (non-hydrogen) atoms. The molecule has 1 aliphatic rings. The van der Waals surface area contributed by atoms with E-state index < -0.39 is 0 Å². The van der Waals surface area contributed by atoms with E-state index in [1.807, 2.05) is 13.0 Å². The lowest BCUT2D eigenvalue weighted by Gasteiger charge is -2.35. The largest absolute Gasteiger partial charge is 0.369 e. The predicted molar refractivity (Wildman–Crippen MR) is 93.8 cm³/mol. The molecule has 1 unspecified atom stereocenters. The monoisotopic (exact) mass is 345 g/mol. The van der Waals surface area contributed by atoms with Crippen LogP contribution in [-0.4, -0.2) is 40.3 Å². The van der Waals surface area contributed by atoms with Gasteiger partial charge >= 0.3 is 0 Å². The molecule has 0 bridgehead atoms. The van der Waals surface area contributed by atoms with Crippen molar-refractivity contribution >= 4 is 0 Å². The summed E-state index contributed by atoms with van der Waals surface area (Å²) in [5, 5.41) is 4.10. The molecule has 1 fully saturated rings. The molecule has 1 aliphatic heterocycles. The van der Waals surface area contributed by atoms with Crippen LogP contribution in [0.1, 0.15) is 50.6 Å². The van der Waals surface area contributed by atoms with Gasteiger partial charge < -0.3 is 14.0 Å². The number of morpholine rings is 1. The third-order valence-electron chi connectivity index (χ3n) is 4.42. The first-order chi connectivity index (χ1) is 12.1. The van der Waals surface area contributed by atoms with E-state index in [0.29, 0.717) is 18.3 Å². The molecule has 1 aromatic carbocycles. The van der Waals surface area contributed by atoms with E-state index in [2.05, 4.69) is 53.2 Å². The van der Waals surface area contributed by atoms with E-state index in [1.54, 1.807) is 0 Å². The number of ether oxygens (including phenoxy) is 2. The van der Waals surface area contributed by atoms with Crippen molar-refractivity contribution in [2.45, 2.75) is 58.7 Å². The lowest BCUT2D eigenvalue weighted by Crippen LogP contribution is -2.42. The van der Waals surface area contributed by atoms with Crippen molar-refractivity contribution in [2.75, 3.05) is 13.1 Å². The second kappa shape index (κ2) is 8.56. The first kappa shape index (κ1) is 18.0. The number of hydrogen-bond acceptors (Lipinski definition) is 6.